The summed E-state index contributed by atoms with van der Waals surface area (Å²) in [6.45, 7) is 3.98. The molecule has 0 spiro atoms. The number of hydrogen-bond acceptors (Lipinski definition) is 3. The van der Waals surface area contributed by atoms with Gasteiger partial charge in [0.15, 0.2) is 0 Å². The first-order valence-corrected chi connectivity index (χ1v) is 5.74. The number of aromatic nitrogens is 3. The fourth-order valence-electron chi connectivity index (χ4n) is 2.00. The molecule has 90 valence electrons. The molecule has 0 radical (unpaired) electrons. The van der Waals surface area contributed by atoms with Crippen molar-refractivity contribution in [2.75, 3.05) is 0 Å². The molecular formula is C13H18N4. The van der Waals surface area contributed by atoms with Crippen LogP contribution in [-0.2, 0) is 13.5 Å². The van der Waals surface area contributed by atoms with Crippen molar-refractivity contribution in [1.82, 2.24) is 14.8 Å². The fourth-order valence-corrected chi connectivity index (χ4v) is 2.00. The van der Waals surface area contributed by atoms with Crippen molar-refractivity contribution in [2.24, 2.45) is 12.8 Å². The molecule has 4 heteroatoms. The Morgan fingerprint density at radius 3 is 2.47 bits per heavy atom. The molecule has 2 heterocycles. The van der Waals surface area contributed by atoms with Gasteiger partial charge >= 0.3 is 0 Å². The number of aryl methyl sites for hydroxylation is 3. The molecule has 0 aromatic carbocycles. The van der Waals surface area contributed by atoms with E-state index in [2.05, 4.69) is 10.1 Å². The summed E-state index contributed by atoms with van der Waals surface area (Å²) >= 11 is 0. The van der Waals surface area contributed by atoms with E-state index in [0.717, 1.165) is 29.1 Å². The Bertz CT molecular complexity index is 496. The zero-order valence-corrected chi connectivity index (χ0v) is 10.5. The van der Waals surface area contributed by atoms with E-state index in [4.69, 9.17) is 5.73 Å². The molecule has 0 saturated carbocycles. The topological polar surface area (TPSA) is 56.7 Å². The van der Waals surface area contributed by atoms with E-state index in [0.29, 0.717) is 0 Å². The molecule has 4 nitrogen and oxygen atoms in total. The highest BCUT2D eigenvalue weighted by Gasteiger charge is 2.10. The van der Waals surface area contributed by atoms with Crippen LogP contribution in [0.25, 0.3) is 0 Å². The minimum atomic E-state index is -0.0229. The van der Waals surface area contributed by atoms with Gasteiger partial charge in [-0.05, 0) is 37.6 Å². The Morgan fingerprint density at radius 2 is 1.94 bits per heavy atom. The molecule has 0 fully saturated rings. The fraction of sp³-hybridized carbons (Fsp3) is 0.385. The van der Waals surface area contributed by atoms with Gasteiger partial charge in [0.1, 0.15) is 0 Å². The summed E-state index contributed by atoms with van der Waals surface area (Å²) in [5, 5.41) is 4.34. The molecule has 0 saturated heterocycles. The van der Waals surface area contributed by atoms with Gasteiger partial charge in [0.2, 0.25) is 0 Å². The average molecular weight is 230 g/mol. The van der Waals surface area contributed by atoms with Crippen LogP contribution >= 0.6 is 0 Å². The number of nitrogens with two attached hydrogens (primary N) is 1. The van der Waals surface area contributed by atoms with E-state index in [1.165, 1.54) is 0 Å². The molecule has 0 bridgehead atoms. The van der Waals surface area contributed by atoms with Gasteiger partial charge in [0.05, 0.1) is 5.69 Å². The molecule has 1 unspecified atom stereocenters. The molecule has 0 aliphatic heterocycles. The number of nitrogens with zero attached hydrogens (tertiary/aromatic N) is 3. The second-order valence-corrected chi connectivity index (χ2v) is 4.47. The maximum Gasteiger partial charge on any atom is 0.0643 e. The van der Waals surface area contributed by atoms with Crippen molar-refractivity contribution in [3.8, 4) is 0 Å². The lowest BCUT2D eigenvalue weighted by Crippen LogP contribution is -2.14. The Balaban J connectivity index is 2.16. The smallest absolute Gasteiger partial charge is 0.0643 e. The lowest BCUT2D eigenvalue weighted by molar-refractivity contribution is 0.673. The Hall–Kier alpha value is -1.68. The van der Waals surface area contributed by atoms with Crippen LogP contribution in [0.5, 0.6) is 0 Å². The maximum absolute atomic E-state index is 6.20. The lowest BCUT2D eigenvalue weighted by Gasteiger charge is -2.12. The van der Waals surface area contributed by atoms with Crippen molar-refractivity contribution in [2.45, 2.75) is 26.3 Å². The van der Waals surface area contributed by atoms with Crippen molar-refractivity contribution in [3.05, 3.63) is 47.0 Å². The lowest BCUT2D eigenvalue weighted by atomic mass is 10.0. The molecule has 2 rings (SSSR count). The molecule has 0 aliphatic rings. The maximum atomic E-state index is 6.20. The SMILES string of the molecule is Cc1cc(C(N)Cc2ccn(C)n2)cc(C)n1. The van der Waals surface area contributed by atoms with Crippen LogP contribution < -0.4 is 5.73 Å². The van der Waals surface area contributed by atoms with Gasteiger partial charge in [-0.25, -0.2) is 0 Å². The van der Waals surface area contributed by atoms with Crippen LogP contribution in [0.3, 0.4) is 0 Å². The Kier molecular flexibility index (Phi) is 3.24. The molecule has 2 aromatic heterocycles. The first-order chi connectivity index (χ1) is 8.04. The van der Waals surface area contributed by atoms with Crippen LogP contribution in [0.2, 0.25) is 0 Å². The predicted octanol–water partition coefficient (Wildman–Crippen LogP) is 1.67. The third kappa shape index (κ3) is 2.91. The zero-order chi connectivity index (χ0) is 12.4. The first kappa shape index (κ1) is 11.8. The van der Waals surface area contributed by atoms with E-state index in [1.807, 2.05) is 45.3 Å². The largest absolute Gasteiger partial charge is 0.324 e. The number of rotatable bonds is 3. The summed E-state index contributed by atoms with van der Waals surface area (Å²) < 4.78 is 1.80. The highest BCUT2D eigenvalue weighted by molar-refractivity contribution is 5.24. The van der Waals surface area contributed by atoms with E-state index in [9.17, 15) is 0 Å². The normalized spacial score (nSPS) is 12.7. The van der Waals surface area contributed by atoms with Crippen molar-refractivity contribution >= 4 is 0 Å². The molecular weight excluding hydrogens is 212 g/mol. The predicted molar refractivity (Wildman–Crippen MR) is 67.6 cm³/mol. The van der Waals surface area contributed by atoms with Gasteiger partial charge in [-0.3, -0.25) is 9.67 Å². The van der Waals surface area contributed by atoms with Crippen molar-refractivity contribution in [3.63, 3.8) is 0 Å². The summed E-state index contributed by atoms with van der Waals surface area (Å²) in [4.78, 5) is 4.35. The summed E-state index contributed by atoms with van der Waals surface area (Å²) in [7, 11) is 1.91. The van der Waals surface area contributed by atoms with Crippen molar-refractivity contribution < 1.29 is 0 Å². The summed E-state index contributed by atoms with van der Waals surface area (Å²) in [6.07, 6.45) is 2.69. The van der Waals surface area contributed by atoms with E-state index < -0.39 is 0 Å². The van der Waals surface area contributed by atoms with Gasteiger partial charge in [-0.1, -0.05) is 0 Å². The average Bonchev–Trinajstić information content (AvgIpc) is 2.62. The second-order valence-electron chi connectivity index (χ2n) is 4.47. The van der Waals surface area contributed by atoms with Gasteiger partial charge in [0, 0.05) is 37.1 Å². The number of hydrogen-bond donors (Lipinski definition) is 1. The molecule has 0 aliphatic carbocycles. The van der Waals surface area contributed by atoms with Crippen LogP contribution in [0.15, 0.2) is 24.4 Å². The minimum Gasteiger partial charge on any atom is -0.324 e. The highest BCUT2D eigenvalue weighted by Crippen LogP contribution is 2.16. The summed E-state index contributed by atoms with van der Waals surface area (Å²) in [5.41, 5.74) is 10.4. The molecule has 2 N–H and O–H groups in total. The Morgan fingerprint density at radius 1 is 1.29 bits per heavy atom. The van der Waals surface area contributed by atoms with Gasteiger partial charge in [-0.15, -0.1) is 0 Å². The summed E-state index contributed by atoms with van der Waals surface area (Å²) in [6, 6.07) is 6.06. The highest BCUT2D eigenvalue weighted by atomic mass is 15.2. The minimum absolute atomic E-state index is 0.0229. The van der Waals surface area contributed by atoms with Crippen molar-refractivity contribution in [1.29, 1.82) is 0 Å². The third-order valence-electron chi connectivity index (χ3n) is 2.73. The quantitative estimate of drug-likeness (QED) is 0.872. The van der Waals surface area contributed by atoms with Crippen LogP contribution in [0.4, 0.5) is 0 Å². The first-order valence-electron chi connectivity index (χ1n) is 5.74. The van der Waals surface area contributed by atoms with E-state index in [-0.39, 0.29) is 6.04 Å². The van der Waals surface area contributed by atoms with E-state index in [1.54, 1.807) is 4.68 Å². The van der Waals surface area contributed by atoms with Gasteiger partial charge in [-0.2, -0.15) is 5.10 Å². The molecule has 1 atom stereocenters. The monoisotopic (exact) mass is 230 g/mol. The molecule has 0 amide bonds. The van der Waals surface area contributed by atoms with Crippen LogP contribution in [-0.4, -0.2) is 14.8 Å². The van der Waals surface area contributed by atoms with E-state index >= 15 is 0 Å². The van der Waals surface area contributed by atoms with Gasteiger partial charge in [0.25, 0.3) is 0 Å². The zero-order valence-electron chi connectivity index (χ0n) is 10.5. The molecule has 2 aromatic rings. The number of pyridine rings is 1. The second kappa shape index (κ2) is 4.67. The summed E-state index contributed by atoms with van der Waals surface area (Å²) in [5.74, 6) is 0. The van der Waals surface area contributed by atoms with Crippen LogP contribution in [0.1, 0.15) is 28.7 Å². The van der Waals surface area contributed by atoms with Crippen LogP contribution in [0, 0.1) is 13.8 Å². The Labute approximate surface area is 101 Å². The van der Waals surface area contributed by atoms with Gasteiger partial charge < -0.3 is 5.73 Å². The molecule has 17 heavy (non-hydrogen) atoms. The third-order valence-corrected chi connectivity index (χ3v) is 2.73. The standard InChI is InChI=1S/C13H18N4/c1-9-6-11(7-10(2)15-9)13(14)8-12-4-5-17(3)16-12/h4-7,13H,8,14H2,1-3H3.